The summed E-state index contributed by atoms with van der Waals surface area (Å²) in [5.74, 6) is 0.378. The van der Waals surface area contributed by atoms with Crippen LogP contribution in [0, 0.1) is 11.3 Å². The van der Waals surface area contributed by atoms with E-state index in [-0.39, 0.29) is 11.2 Å². The molecule has 0 radical (unpaired) electrons. The highest BCUT2D eigenvalue weighted by molar-refractivity contribution is 6.29. The number of amides is 1. The fourth-order valence-electron chi connectivity index (χ4n) is 4.43. The number of benzene rings is 1. The largest absolute Gasteiger partial charge is 0.443 e. The van der Waals surface area contributed by atoms with Crippen LogP contribution in [0.25, 0.3) is 16.8 Å². The van der Waals surface area contributed by atoms with Crippen molar-refractivity contribution in [2.24, 2.45) is 0 Å². The van der Waals surface area contributed by atoms with Gasteiger partial charge in [-0.15, -0.1) is 0 Å². The van der Waals surface area contributed by atoms with Crippen LogP contribution >= 0.6 is 11.6 Å². The van der Waals surface area contributed by atoms with Crippen LogP contribution in [0.2, 0.25) is 5.15 Å². The monoisotopic (exact) mass is 522 g/mol. The van der Waals surface area contributed by atoms with Gasteiger partial charge in [0.25, 0.3) is 0 Å². The minimum absolute atomic E-state index is 0.0939. The van der Waals surface area contributed by atoms with Crippen molar-refractivity contribution in [3.63, 3.8) is 0 Å². The van der Waals surface area contributed by atoms with E-state index in [9.17, 15) is 10.1 Å². The Labute approximate surface area is 216 Å². The molecule has 12 heteroatoms. The molecule has 3 atom stereocenters. The number of alkyl carbamates (subject to hydrolysis) is 1. The third kappa shape index (κ3) is 5.20. The maximum absolute atomic E-state index is 15.2. The van der Waals surface area contributed by atoms with Crippen LogP contribution in [0.1, 0.15) is 43.9 Å². The number of carbonyl (C=O) groups is 1. The number of aromatic nitrogens is 5. The normalized spacial score (nSPS) is 19.2. The summed E-state index contributed by atoms with van der Waals surface area (Å²) in [6.45, 7) is 3.62. The van der Waals surface area contributed by atoms with Crippen molar-refractivity contribution in [2.45, 2.75) is 50.9 Å². The maximum Gasteiger partial charge on any atom is 0.407 e. The SMILES string of the molecule is CC(C)NC(=O)O[C@@H]1CC[C@H](c2cc(Nc3nc(-c4cccc(C#N)c4)cn4nc(Cl)cc34)n[nH]2)[C@@H]1F. The number of halogens is 2. The van der Waals surface area contributed by atoms with E-state index < -0.39 is 24.3 Å². The number of alkyl halides is 1. The third-order valence-corrected chi connectivity index (χ3v) is 6.31. The van der Waals surface area contributed by atoms with Crippen molar-refractivity contribution in [3.8, 4) is 17.3 Å². The topological polar surface area (TPSA) is 133 Å². The number of aromatic amines is 1. The molecule has 1 saturated carbocycles. The summed E-state index contributed by atoms with van der Waals surface area (Å²) in [5.41, 5.74) is 3.01. The fraction of sp³-hybridized carbons (Fsp3) is 0.320. The Morgan fingerprint density at radius 3 is 2.95 bits per heavy atom. The third-order valence-electron chi connectivity index (χ3n) is 6.12. The quantitative estimate of drug-likeness (QED) is 0.320. The lowest BCUT2D eigenvalue weighted by Gasteiger charge is -2.18. The molecule has 1 amide bonds. The van der Waals surface area contributed by atoms with Crippen molar-refractivity contribution in [2.75, 3.05) is 5.32 Å². The number of carbonyl (C=O) groups excluding carboxylic acids is 1. The predicted octanol–water partition coefficient (Wildman–Crippen LogP) is 5.11. The zero-order valence-corrected chi connectivity index (χ0v) is 20.8. The molecule has 3 N–H and O–H groups in total. The molecule has 3 aromatic heterocycles. The van der Waals surface area contributed by atoms with Crippen LogP contribution in [0.3, 0.4) is 0 Å². The molecule has 37 heavy (non-hydrogen) atoms. The Balaban J connectivity index is 1.38. The average molecular weight is 523 g/mol. The Bertz CT molecular complexity index is 1490. The lowest BCUT2D eigenvalue weighted by Crippen LogP contribution is -2.36. The van der Waals surface area contributed by atoms with Gasteiger partial charge in [0.2, 0.25) is 0 Å². The molecule has 1 aromatic carbocycles. The number of anilines is 2. The van der Waals surface area contributed by atoms with E-state index in [0.29, 0.717) is 46.9 Å². The van der Waals surface area contributed by atoms with Crippen molar-refractivity contribution in [1.82, 2.24) is 30.1 Å². The Hall–Kier alpha value is -4.17. The van der Waals surface area contributed by atoms with Gasteiger partial charge in [-0.25, -0.2) is 18.7 Å². The van der Waals surface area contributed by atoms with E-state index in [1.54, 1.807) is 41.0 Å². The molecule has 4 aromatic rings. The molecular weight excluding hydrogens is 499 g/mol. The van der Waals surface area contributed by atoms with Crippen LogP contribution in [-0.2, 0) is 4.74 Å². The van der Waals surface area contributed by atoms with Crippen molar-refractivity contribution < 1.29 is 13.9 Å². The van der Waals surface area contributed by atoms with Crippen LogP contribution in [0.5, 0.6) is 0 Å². The highest BCUT2D eigenvalue weighted by Crippen LogP contribution is 2.39. The predicted molar refractivity (Wildman–Crippen MR) is 135 cm³/mol. The van der Waals surface area contributed by atoms with Crippen LogP contribution in [0.15, 0.2) is 42.6 Å². The Kier molecular flexibility index (Phi) is 6.67. The van der Waals surface area contributed by atoms with Gasteiger partial charge in [-0.3, -0.25) is 5.10 Å². The number of rotatable bonds is 6. The standard InChI is InChI=1S/C25H24ClFN8O2/c1-13(2)29-25(36)37-20-7-6-16(23(20)27)17-9-22(33-32-17)31-24-19-10-21(26)34-35(19)12-18(30-24)15-5-3-4-14(8-15)11-28/h3-5,8-10,12-13,16,20,23H,6-7H2,1-2H3,(H,29,36)(H2,30,31,32,33)/t16-,20-,23+/m1/s1. The molecule has 1 aliphatic carbocycles. The molecule has 1 aliphatic rings. The maximum atomic E-state index is 15.2. The molecular formula is C25H24ClFN8O2. The molecule has 5 rings (SSSR count). The van der Waals surface area contributed by atoms with Gasteiger partial charge in [-0.05, 0) is 38.8 Å². The summed E-state index contributed by atoms with van der Waals surface area (Å²) in [7, 11) is 0. The van der Waals surface area contributed by atoms with Crippen LogP contribution in [-0.4, -0.2) is 49.2 Å². The smallest absolute Gasteiger partial charge is 0.407 e. The number of nitrogens with zero attached hydrogens (tertiary/aromatic N) is 5. The van der Waals surface area contributed by atoms with Gasteiger partial charge in [0, 0.05) is 35.3 Å². The van der Waals surface area contributed by atoms with Crippen LogP contribution in [0.4, 0.5) is 20.8 Å². The van der Waals surface area contributed by atoms with Gasteiger partial charge in [0.15, 0.2) is 16.8 Å². The first-order valence-corrected chi connectivity index (χ1v) is 12.2. The number of nitriles is 1. The van der Waals surface area contributed by atoms with Gasteiger partial charge in [-0.1, -0.05) is 23.7 Å². The molecule has 3 heterocycles. The average Bonchev–Trinajstić information content (AvgIpc) is 3.57. The minimum Gasteiger partial charge on any atom is -0.443 e. The second-order valence-electron chi connectivity index (χ2n) is 9.17. The van der Waals surface area contributed by atoms with E-state index in [0.717, 1.165) is 5.56 Å². The summed E-state index contributed by atoms with van der Waals surface area (Å²) in [4.78, 5) is 16.6. The van der Waals surface area contributed by atoms with Crippen LogP contribution < -0.4 is 10.6 Å². The first-order valence-electron chi connectivity index (χ1n) is 11.8. The van der Waals surface area contributed by atoms with Gasteiger partial charge >= 0.3 is 6.09 Å². The number of hydrogen-bond donors (Lipinski definition) is 3. The number of hydrogen-bond acceptors (Lipinski definition) is 7. The van der Waals surface area contributed by atoms with Gasteiger partial charge in [0.1, 0.15) is 17.8 Å². The summed E-state index contributed by atoms with van der Waals surface area (Å²) < 4.78 is 22.0. The fourth-order valence-corrected chi connectivity index (χ4v) is 4.62. The lowest BCUT2D eigenvalue weighted by molar-refractivity contribution is 0.0555. The number of H-pyrrole nitrogens is 1. The number of fused-ring (bicyclic) bond motifs is 1. The summed E-state index contributed by atoms with van der Waals surface area (Å²) in [6.07, 6.45) is -0.154. The highest BCUT2D eigenvalue weighted by atomic mass is 35.5. The van der Waals surface area contributed by atoms with Crippen molar-refractivity contribution in [1.29, 1.82) is 5.26 Å². The molecule has 190 valence electrons. The summed E-state index contributed by atoms with van der Waals surface area (Å²) >= 11 is 6.15. The first kappa shape index (κ1) is 24.5. The Morgan fingerprint density at radius 2 is 2.16 bits per heavy atom. The van der Waals surface area contributed by atoms with E-state index in [4.69, 9.17) is 21.3 Å². The van der Waals surface area contributed by atoms with Crippen molar-refractivity contribution in [3.05, 3.63) is 59.0 Å². The van der Waals surface area contributed by atoms with Gasteiger partial charge < -0.3 is 15.4 Å². The second kappa shape index (κ2) is 10.1. The van der Waals surface area contributed by atoms with E-state index in [2.05, 4.69) is 32.0 Å². The number of ether oxygens (including phenoxy) is 1. The van der Waals surface area contributed by atoms with Gasteiger partial charge in [-0.2, -0.15) is 15.5 Å². The molecule has 0 aliphatic heterocycles. The molecule has 0 saturated heterocycles. The van der Waals surface area contributed by atoms with E-state index >= 15 is 4.39 Å². The molecule has 1 fully saturated rings. The van der Waals surface area contributed by atoms with E-state index in [1.165, 1.54) is 0 Å². The van der Waals surface area contributed by atoms with E-state index in [1.807, 2.05) is 19.9 Å². The molecule has 0 spiro atoms. The molecule has 10 nitrogen and oxygen atoms in total. The molecule has 0 bridgehead atoms. The highest BCUT2D eigenvalue weighted by Gasteiger charge is 2.41. The van der Waals surface area contributed by atoms with Gasteiger partial charge in [0.05, 0.1) is 23.5 Å². The molecule has 0 unspecified atom stereocenters. The zero-order chi connectivity index (χ0) is 26.1. The Morgan fingerprint density at radius 1 is 1.32 bits per heavy atom. The minimum atomic E-state index is -1.36. The zero-order valence-electron chi connectivity index (χ0n) is 20.1. The summed E-state index contributed by atoms with van der Waals surface area (Å²) in [5, 5.41) is 26.8. The summed E-state index contributed by atoms with van der Waals surface area (Å²) in [6, 6.07) is 12.5. The first-order chi connectivity index (χ1) is 17.8. The second-order valence-corrected chi connectivity index (χ2v) is 9.56. The van der Waals surface area contributed by atoms with Crippen molar-refractivity contribution >= 4 is 34.8 Å². The lowest BCUT2D eigenvalue weighted by atomic mass is 10.0. The number of nitrogens with one attached hydrogen (secondary N) is 3.